The van der Waals surface area contributed by atoms with E-state index < -0.39 is 17.2 Å². The third-order valence-electron chi connectivity index (χ3n) is 2.24. The average Bonchev–Trinajstić information content (AvgIpc) is 2.96. The summed E-state index contributed by atoms with van der Waals surface area (Å²) in [6.07, 6.45) is 5.39. The van der Waals surface area contributed by atoms with E-state index in [1.165, 1.54) is 0 Å². The predicted octanol–water partition coefficient (Wildman–Crippen LogP) is -1.71. The van der Waals surface area contributed by atoms with Crippen molar-refractivity contribution in [3.63, 3.8) is 0 Å². The molecule has 0 saturated heterocycles. The molecule has 3 rings (SSSR count). The number of hydrogen-bond donors (Lipinski definition) is 2. The van der Waals surface area contributed by atoms with Gasteiger partial charge in [-0.3, -0.25) is 14.8 Å². The normalized spacial score (nSPS) is 9.20. The molecule has 0 aliphatic rings. The second-order valence-electron chi connectivity index (χ2n) is 3.53. The van der Waals surface area contributed by atoms with Gasteiger partial charge in [0.15, 0.2) is 5.69 Å². The van der Waals surface area contributed by atoms with Gasteiger partial charge in [0, 0.05) is 0 Å². The number of carbonyl (C=O) groups is 1. The van der Waals surface area contributed by atoms with Crippen molar-refractivity contribution in [2.24, 2.45) is 0 Å². The Morgan fingerprint density at radius 2 is 2.05 bits per heavy atom. The van der Waals surface area contributed by atoms with Crippen LogP contribution in [-0.4, -0.2) is 26.4 Å². The first-order chi connectivity index (χ1) is 9.18. The topological polar surface area (TPSA) is 147 Å². The van der Waals surface area contributed by atoms with E-state index in [1.807, 2.05) is 12.4 Å². The lowest BCUT2D eigenvalue weighted by Crippen LogP contribution is -2.31. The Labute approximate surface area is 112 Å². The first-order valence-electron chi connectivity index (χ1n) is 5.37. The fraction of sp³-hybridized carbons (Fsp3) is 0. The lowest BCUT2D eigenvalue weighted by molar-refractivity contribution is -0.375. The van der Waals surface area contributed by atoms with Gasteiger partial charge in [0.25, 0.3) is 5.56 Å². The standard InChI is InChI=1S/C9H6N2O3.C3H4N2.H2O/c12-8-7(9(13)14)10-5-3-1-2-4-6(5)11-8;1-2-5-3-4-1;/h1-4H,(H,11,12)(H,13,14);1-3H,(H,4,5);1H2. The largest absolute Gasteiger partial charge is 0.543 e. The number of imidazole rings is 1. The molecule has 1 aromatic carbocycles. The number of carboxylic acids is 1. The van der Waals surface area contributed by atoms with Crippen LogP contribution in [0.4, 0.5) is 0 Å². The van der Waals surface area contributed by atoms with Gasteiger partial charge in [-0.15, -0.1) is 0 Å². The molecule has 2 aromatic heterocycles. The summed E-state index contributed by atoms with van der Waals surface area (Å²) in [6, 6.07) is 6.67. The number of H-pyrrole nitrogens is 3. The van der Waals surface area contributed by atoms with E-state index in [1.54, 1.807) is 30.6 Å². The number of carboxylic acid groups (broad SMARTS) is 1. The summed E-state index contributed by atoms with van der Waals surface area (Å²) < 4.78 is 0. The average molecular weight is 276 g/mol. The molecule has 0 fully saturated rings. The fourth-order valence-electron chi connectivity index (χ4n) is 1.41. The molecule has 0 aliphatic heterocycles. The van der Waals surface area contributed by atoms with Crippen molar-refractivity contribution in [3.8, 4) is 0 Å². The lowest BCUT2D eigenvalue weighted by atomic mass is 10.3. The molecule has 5 N–H and O–H groups in total. The third kappa shape index (κ3) is 3.50. The van der Waals surface area contributed by atoms with Crippen LogP contribution in [-0.2, 0) is 0 Å². The van der Waals surface area contributed by atoms with Crippen molar-refractivity contribution in [1.82, 2.24) is 15.0 Å². The van der Waals surface area contributed by atoms with Crippen LogP contribution in [0.5, 0.6) is 0 Å². The van der Waals surface area contributed by atoms with E-state index in [0.29, 0.717) is 11.0 Å². The van der Waals surface area contributed by atoms with Gasteiger partial charge in [-0.1, -0.05) is 12.1 Å². The number of hydrogen-bond acceptors (Lipinski definition) is 4. The summed E-state index contributed by atoms with van der Waals surface area (Å²) in [5.74, 6) is -1.57. The zero-order valence-electron chi connectivity index (χ0n) is 10.2. The molecule has 3 aromatic rings. The number of aromatic nitrogens is 4. The summed E-state index contributed by atoms with van der Waals surface area (Å²) in [6.45, 7) is 0. The Bertz CT molecular complexity index is 719. The molecule has 20 heavy (non-hydrogen) atoms. The highest BCUT2D eigenvalue weighted by atomic mass is 16.4. The van der Waals surface area contributed by atoms with Crippen molar-refractivity contribution < 1.29 is 20.4 Å². The lowest BCUT2D eigenvalue weighted by Gasteiger charge is -2.01. The number of fused-ring (bicyclic) bond motifs is 1. The minimum absolute atomic E-state index is 0. The van der Waals surface area contributed by atoms with Crippen LogP contribution in [0, 0.1) is 0 Å². The zero-order chi connectivity index (χ0) is 13.7. The van der Waals surface area contributed by atoms with Crippen LogP contribution < -0.4 is 15.6 Å². The third-order valence-corrected chi connectivity index (χ3v) is 2.24. The molecule has 0 bridgehead atoms. The van der Waals surface area contributed by atoms with E-state index >= 15 is 0 Å². The van der Waals surface area contributed by atoms with E-state index in [0.717, 1.165) is 0 Å². The molecule has 104 valence electrons. The maximum absolute atomic E-state index is 11.1. The highest BCUT2D eigenvalue weighted by molar-refractivity contribution is 5.86. The summed E-state index contributed by atoms with van der Waals surface area (Å²) in [5, 5.41) is 10.5. The summed E-state index contributed by atoms with van der Waals surface area (Å²) >= 11 is 0. The van der Waals surface area contributed by atoms with Crippen LogP contribution in [0.25, 0.3) is 11.0 Å². The highest BCUT2D eigenvalue weighted by Crippen LogP contribution is 2.05. The van der Waals surface area contributed by atoms with Gasteiger partial charge in [0.05, 0.1) is 17.0 Å². The molecule has 8 heteroatoms. The number of carbonyl (C=O) groups excluding carboxylic acids is 1. The van der Waals surface area contributed by atoms with E-state index in [4.69, 9.17) is 0 Å². The van der Waals surface area contributed by atoms with Crippen molar-refractivity contribution in [2.45, 2.75) is 0 Å². The first-order valence-corrected chi connectivity index (χ1v) is 5.37. The number of nitrogens with one attached hydrogen (secondary N) is 3. The highest BCUT2D eigenvalue weighted by Gasteiger charge is 2.04. The molecule has 0 atom stereocenters. The number of para-hydroxylation sites is 2. The molecular weight excluding hydrogens is 264 g/mol. The Balaban J connectivity index is 0.000000283. The maximum Gasteiger partial charge on any atom is 0.276 e. The van der Waals surface area contributed by atoms with Crippen LogP contribution in [0.2, 0.25) is 0 Å². The van der Waals surface area contributed by atoms with Gasteiger partial charge in [-0.2, -0.15) is 0 Å². The number of aromatic carboxylic acids is 1. The molecule has 2 heterocycles. The SMILES string of the molecule is O.O=C([O-])c1nc2ccccc2[nH]c1=O.c1c[nH+]c[nH]1. The van der Waals surface area contributed by atoms with Crippen molar-refractivity contribution in [1.29, 1.82) is 0 Å². The van der Waals surface area contributed by atoms with Gasteiger partial charge in [-0.25, -0.2) is 4.98 Å². The quantitative estimate of drug-likeness (QED) is 0.544. The van der Waals surface area contributed by atoms with Crippen LogP contribution in [0.3, 0.4) is 0 Å². The number of nitrogens with zero attached hydrogens (tertiary/aromatic N) is 1. The minimum atomic E-state index is -1.57. The first kappa shape index (κ1) is 15.1. The summed E-state index contributed by atoms with van der Waals surface area (Å²) in [5.41, 5.74) is -0.416. The molecule has 0 amide bonds. The zero-order valence-corrected chi connectivity index (χ0v) is 10.2. The van der Waals surface area contributed by atoms with E-state index in [2.05, 4.69) is 19.9 Å². The Kier molecular flexibility index (Phi) is 5.12. The summed E-state index contributed by atoms with van der Waals surface area (Å²) in [7, 11) is 0. The van der Waals surface area contributed by atoms with Crippen LogP contribution in [0.15, 0.2) is 47.8 Å². The fourth-order valence-corrected chi connectivity index (χ4v) is 1.41. The Morgan fingerprint density at radius 1 is 1.30 bits per heavy atom. The number of aromatic amines is 3. The Hall–Kier alpha value is -3.00. The monoisotopic (exact) mass is 276 g/mol. The molecule has 8 nitrogen and oxygen atoms in total. The van der Waals surface area contributed by atoms with Gasteiger partial charge >= 0.3 is 0 Å². The van der Waals surface area contributed by atoms with Gasteiger partial charge in [0.2, 0.25) is 6.33 Å². The second-order valence-corrected chi connectivity index (χ2v) is 3.53. The van der Waals surface area contributed by atoms with Crippen molar-refractivity contribution in [2.75, 3.05) is 0 Å². The van der Waals surface area contributed by atoms with Crippen LogP contribution in [0.1, 0.15) is 10.5 Å². The molecule has 0 saturated carbocycles. The Morgan fingerprint density at radius 3 is 2.60 bits per heavy atom. The van der Waals surface area contributed by atoms with Gasteiger partial charge in [-0.05, 0) is 12.1 Å². The van der Waals surface area contributed by atoms with E-state index in [-0.39, 0.29) is 5.48 Å². The number of benzene rings is 1. The van der Waals surface area contributed by atoms with Gasteiger partial charge in [0.1, 0.15) is 12.4 Å². The van der Waals surface area contributed by atoms with Crippen LogP contribution >= 0.6 is 0 Å². The second kappa shape index (κ2) is 6.81. The predicted molar refractivity (Wildman–Crippen MR) is 67.7 cm³/mol. The maximum atomic E-state index is 11.1. The molecule has 0 radical (unpaired) electrons. The van der Waals surface area contributed by atoms with Gasteiger partial charge < -0.3 is 20.4 Å². The number of rotatable bonds is 1. The summed E-state index contributed by atoms with van der Waals surface area (Å²) in [4.78, 5) is 33.3. The molecule has 0 spiro atoms. The minimum Gasteiger partial charge on any atom is -0.543 e. The smallest absolute Gasteiger partial charge is 0.276 e. The molecular formula is C12H12N4O4. The van der Waals surface area contributed by atoms with Crippen molar-refractivity contribution in [3.05, 3.63) is 59.0 Å². The van der Waals surface area contributed by atoms with E-state index in [9.17, 15) is 14.7 Å². The molecule has 0 aliphatic carbocycles. The molecule has 0 unspecified atom stereocenters. The van der Waals surface area contributed by atoms with Crippen molar-refractivity contribution >= 4 is 17.0 Å².